The van der Waals surface area contributed by atoms with Crippen molar-refractivity contribution in [1.29, 1.82) is 0 Å². The topological polar surface area (TPSA) is 84.2 Å². The van der Waals surface area contributed by atoms with E-state index in [0.717, 1.165) is 10.4 Å². The minimum atomic E-state index is -3.69. The van der Waals surface area contributed by atoms with Crippen molar-refractivity contribution in [3.63, 3.8) is 0 Å². The summed E-state index contributed by atoms with van der Waals surface area (Å²) in [5, 5.41) is 16.1. The van der Waals surface area contributed by atoms with Crippen LogP contribution in [-0.2, 0) is 17.1 Å². The van der Waals surface area contributed by atoms with Gasteiger partial charge in [0.25, 0.3) is 0 Å². The van der Waals surface area contributed by atoms with Crippen molar-refractivity contribution in [3.8, 4) is 0 Å². The first kappa shape index (κ1) is 16.2. The van der Waals surface area contributed by atoms with Crippen molar-refractivity contribution >= 4 is 21.4 Å². The van der Waals surface area contributed by atoms with E-state index in [1.165, 1.54) is 16.0 Å². The Balaban J connectivity index is 2.17. The van der Waals surface area contributed by atoms with Crippen molar-refractivity contribution in [2.45, 2.75) is 31.8 Å². The van der Waals surface area contributed by atoms with Crippen LogP contribution in [0.25, 0.3) is 0 Å². The zero-order valence-electron chi connectivity index (χ0n) is 12.4. The molecule has 116 valence electrons. The second-order valence-corrected chi connectivity index (χ2v) is 7.61. The minimum Gasteiger partial charge on any atom is -0.386 e. The molecule has 21 heavy (non-hydrogen) atoms. The zero-order valence-corrected chi connectivity index (χ0v) is 14.0. The summed E-state index contributed by atoms with van der Waals surface area (Å²) in [4.78, 5) is 0.956. The first-order chi connectivity index (χ1) is 9.74. The molecule has 0 aliphatic heterocycles. The molecule has 0 aliphatic rings. The summed E-state index contributed by atoms with van der Waals surface area (Å²) in [6.45, 7) is 5.19. The molecule has 0 amide bonds. The fraction of sp³-hybridized carbons (Fsp3) is 0.462. The maximum absolute atomic E-state index is 12.4. The van der Waals surface area contributed by atoms with E-state index in [-0.39, 0.29) is 11.4 Å². The van der Waals surface area contributed by atoms with Gasteiger partial charge < -0.3 is 5.11 Å². The number of aliphatic hydroxyl groups is 1. The minimum absolute atomic E-state index is 0.0581. The molecule has 0 spiro atoms. The molecule has 0 aromatic carbocycles. The van der Waals surface area contributed by atoms with Crippen LogP contribution < -0.4 is 4.72 Å². The third kappa shape index (κ3) is 3.18. The first-order valence-electron chi connectivity index (χ1n) is 6.46. The number of hydrogen-bond donors (Lipinski definition) is 2. The van der Waals surface area contributed by atoms with Gasteiger partial charge in [0.2, 0.25) is 10.0 Å². The average Bonchev–Trinajstić information content (AvgIpc) is 2.91. The highest BCUT2D eigenvalue weighted by molar-refractivity contribution is 7.89. The standard InChI is InChI=1S/C13H19N3O3S2/c1-8-5-6-20-12(8)11(17)7-14-21(18,19)13-9(2)15-16(4)10(13)3/h5-6,11,14,17H,7H2,1-4H3/t11-/m0/s1. The lowest BCUT2D eigenvalue weighted by Crippen LogP contribution is -2.29. The lowest BCUT2D eigenvalue weighted by atomic mass is 10.2. The summed E-state index contributed by atoms with van der Waals surface area (Å²) in [6.07, 6.45) is -0.850. The van der Waals surface area contributed by atoms with Gasteiger partial charge >= 0.3 is 0 Å². The van der Waals surface area contributed by atoms with Gasteiger partial charge in [-0.1, -0.05) is 0 Å². The Morgan fingerprint density at radius 1 is 1.43 bits per heavy atom. The SMILES string of the molecule is Cc1ccsc1[C@@H](O)CNS(=O)(=O)c1c(C)nn(C)c1C. The molecule has 0 saturated heterocycles. The molecule has 2 aromatic heterocycles. The van der Waals surface area contributed by atoms with Crippen molar-refractivity contribution in [3.05, 3.63) is 33.3 Å². The van der Waals surface area contributed by atoms with Gasteiger partial charge in [0.1, 0.15) is 11.0 Å². The van der Waals surface area contributed by atoms with Crippen LogP contribution in [0.1, 0.15) is 27.9 Å². The molecular formula is C13H19N3O3S2. The van der Waals surface area contributed by atoms with Gasteiger partial charge in [0.05, 0.1) is 11.4 Å². The van der Waals surface area contributed by atoms with E-state index in [1.807, 2.05) is 18.4 Å². The largest absolute Gasteiger partial charge is 0.386 e. The van der Waals surface area contributed by atoms with E-state index in [2.05, 4.69) is 9.82 Å². The van der Waals surface area contributed by atoms with E-state index < -0.39 is 16.1 Å². The van der Waals surface area contributed by atoms with Crippen molar-refractivity contribution in [1.82, 2.24) is 14.5 Å². The highest BCUT2D eigenvalue weighted by atomic mass is 32.2. The Morgan fingerprint density at radius 2 is 2.10 bits per heavy atom. The van der Waals surface area contributed by atoms with Gasteiger partial charge in [-0.2, -0.15) is 5.10 Å². The molecule has 0 fully saturated rings. The van der Waals surface area contributed by atoms with Crippen LogP contribution in [0.15, 0.2) is 16.3 Å². The summed E-state index contributed by atoms with van der Waals surface area (Å²) >= 11 is 1.41. The molecule has 2 N–H and O–H groups in total. The lowest BCUT2D eigenvalue weighted by molar-refractivity contribution is 0.185. The van der Waals surface area contributed by atoms with Crippen molar-refractivity contribution < 1.29 is 13.5 Å². The van der Waals surface area contributed by atoms with Crippen LogP contribution in [0.3, 0.4) is 0 Å². The molecule has 8 heteroatoms. The lowest BCUT2D eigenvalue weighted by Gasteiger charge is -2.12. The first-order valence-corrected chi connectivity index (χ1v) is 8.82. The highest BCUT2D eigenvalue weighted by Gasteiger charge is 2.25. The van der Waals surface area contributed by atoms with Gasteiger partial charge in [-0.05, 0) is 37.8 Å². The Kier molecular flexibility index (Phi) is 4.52. The number of aryl methyl sites for hydroxylation is 3. The van der Waals surface area contributed by atoms with Crippen LogP contribution in [0.2, 0.25) is 0 Å². The molecular weight excluding hydrogens is 310 g/mol. The van der Waals surface area contributed by atoms with Gasteiger partial charge in [-0.3, -0.25) is 4.68 Å². The number of nitrogens with one attached hydrogen (secondary N) is 1. The number of rotatable bonds is 5. The van der Waals surface area contributed by atoms with Gasteiger partial charge in [0, 0.05) is 18.5 Å². The number of thiophene rings is 1. The Hall–Kier alpha value is -1.22. The molecule has 0 aliphatic carbocycles. The number of sulfonamides is 1. The van der Waals surface area contributed by atoms with Crippen LogP contribution in [0, 0.1) is 20.8 Å². The van der Waals surface area contributed by atoms with Gasteiger partial charge in [-0.25, -0.2) is 13.1 Å². The Morgan fingerprint density at radius 3 is 2.57 bits per heavy atom. The summed E-state index contributed by atoms with van der Waals surface area (Å²) in [6, 6.07) is 1.90. The molecule has 0 unspecified atom stereocenters. The molecule has 2 rings (SSSR count). The van der Waals surface area contributed by atoms with E-state index in [4.69, 9.17) is 0 Å². The van der Waals surface area contributed by atoms with Crippen LogP contribution in [0.5, 0.6) is 0 Å². The maximum atomic E-state index is 12.4. The van der Waals surface area contributed by atoms with E-state index in [0.29, 0.717) is 11.4 Å². The second kappa shape index (κ2) is 5.88. The Labute approximate surface area is 128 Å². The third-order valence-corrected chi connectivity index (χ3v) is 6.18. The molecule has 6 nitrogen and oxygen atoms in total. The summed E-state index contributed by atoms with van der Waals surface area (Å²) in [5.41, 5.74) is 1.98. The predicted octanol–water partition coefficient (Wildman–Crippen LogP) is 1.42. The van der Waals surface area contributed by atoms with Crippen molar-refractivity contribution in [2.24, 2.45) is 7.05 Å². The maximum Gasteiger partial charge on any atom is 0.244 e. The fourth-order valence-corrected chi connectivity index (χ4v) is 4.61. The quantitative estimate of drug-likeness (QED) is 0.869. The van der Waals surface area contributed by atoms with E-state index in [9.17, 15) is 13.5 Å². The number of aromatic nitrogens is 2. The van der Waals surface area contributed by atoms with Crippen LogP contribution in [-0.4, -0.2) is 29.8 Å². The monoisotopic (exact) mass is 329 g/mol. The molecule has 0 bridgehead atoms. The summed E-state index contributed by atoms with van der Waals surface area (Å²) < 4.78 is 28.7. The van der Waals surface area contributed by atoms with Crippen LogP contribution >= 0.6 is 11.3 Å². The van der Waals surface area contributed by atoms with Gasteiger partial charge in [-0.15, -0.1) is 11.3 Å². The van der Waals surface area contributed by atoms with Crippen molar-refractivity contribution in [2.75, 3.05) is 6.54 Å². The van der Waals surface area contributed by atoms with Gasteiger partial charge in [0.15, 0.2) is 0 Å². The zero-order chi connectivity index (χ0) is 15.8. The number of hydrogen-bond acceptors (Lipinski definition) is 5. The molecule has 2 heterocycles. The van der Waals surface area contributed by atoms with E-state index >= 15 is 0 Å². The smallest absolute Gasteiger partial charge is 0.244 e. The summed E-state index contributed by atoms with van der Waals surface area (Å²) in [7, 11) is -1.99. The second-order valence-electron chi connectivity index (χ2n) is 4.96. The number of nitrogens with zero attached hydrogens (tertiary/aromatic N) is 2. The number of aliphatic hydroxyl groups excluding tert-OH is 1. The fourth-order valence-electron chi connectivity index (χ4n) is 2.22. The van der Waals surface area contributed by atoms with Crippen LogP contribution in [0.4, 0.5) is 0 Å². The highest BCUT2D eigenvalue weighted by Crippen LogP contribution is 2.24. The Bertz CT molecular complexity index is 747. The molecule has 0 saturated carbocycles. The normalized spacial score (nSPS) is 13.6. The summed E-state index contributed by atoms with van der Waals surface area (Å²) in [5.74, 6) is 0. The predicted molar refractivity (Wildman–Crippen MR) is 81.9 cm³/mol. The molecule has 1 atom stereocenters. The third-order valence-electron chi connectivity index (χ3n) is 3.38. The average molecular weight is 329 g/mol. The van der Waals surface area contributed by atoms with E-state index in [1.54, 1.807) is 20.9 Å². The molecule has 0 radical (unpaired) electrons. The molecule has 2 aromatic rings.